The van der Waals surface area contributed by atoms with E-state index in [9.17, 15) is 14.7 Å². The van der Waals surface area contributed by atoms with Gasteiger partial charge in [0.05, 0.1) is 18.9 Å². The number of halogens is 1. The van der Waals surface area contributed by atoms with Gasteiger partial charge in [-0.25, -0.2) is 5.01 Å². The Morgan fingerprint density at radius 2 is 1.81 bits per heavy atom. The van der Waals surface area contributed by atoms with Crippen molar-refractivity contribution in [1.29, 1.82) is 0 Å². The molecule has 0 spiro atoms. The normalized spacial score (nSPS) is 16.1. The largest absolute Gasteiger partial charge is 0.550 e. The summed E-state index contributed by atoms with van der Waals surface area (Å²) in [5.41, 5.74) is 2.62. The maximum Gasteiger partial charge on any atom is 0.243 e. The van der Waals surface area contributed by atoms with E-state index in [1.165, 1.54) is 5.01 Å². The number of carboxylic acid groups (broad SMARTS) is 1. The average Bonchev–Trinajstić information content (AvgIpc) is 3.12. The molecule has 1 unspecified atom stereocenters. The molecule has 0 fully saturated rings. The molecule has 0 bridgehead atoms. The SMILES string of the molecule is COc1ccc(C2CC(c3ccc(Br)cc3)=NN2C(=O)CCC(=O)[O-])cc1. The number of nitrogens with zero attached hydrogens (tertiary/aromatic N) is 2. The quantitative estimate of drug-likeness (QED) is 0.706. The Hall–Kier alpha value is -2.67. The average molecular weight is 430 g/mol. The Morgan fingerprint density at radius 1 is 1.15 bits per heavy atom. The molecule has 1 aliphatic rings. The van der Waals surface area contributed by atoms with Gasteiger partial charge in [0.15, 0.2) is 0 Å². The second kappa shape index (κ2) is 8.35. The molecule has 27 heavy (non-hydrogen) atoms. The molecule has 0 saturated carbocycles. The zero-order valence-corrected chi connectivity index (χ0v) is 16.3. The van der Waals surface area contributed by atoms with E-state index < -0.39 is 5.97 Å². The molecular formula is C20H18BrN2O4-. The summed E-state index contributed by atoms with van der Waals surface area (Å²) in [5, 5.41) is 16.6. The maximum absolute atomic E-state index is 12.6. The molecular weight excluding hydrogens is 412 g/mol. The van der Waals surface area contributed by atoms with Crippen molar-refractivity contribution in [3.63, 3.8) is 0 Å². The van der Waals surface area contributed by atoms with Crippen LogP contribution in [0.3, 0.4) is 0 Å². The van der Waals surface area contributed by atoms with Gasteiger partial charge in [0, 0.05) is 23.3 Å². The van der Waals surface area contributed by atoms with Crippen LogP contribution in [0.25, 0.3) is 0 Å². The van der Waals surface area contributed by atoms with Crippen molar-refractivity contribution in [2.45, 2.75) is 25.3 Å². The Balaban J connectivity index is 1.89. The minimum atomic E-state index is -1.25. The van der Waals surface area contributed by atoms with Crippen LogP contribution in [-0.2, 0) is 9.59 Å². The van der Waals surface area contributed by atoms with E-state index in [0.29, 0.717) is 6.42 Å². The fourth-order valence-electron chi connectivity index (χ4n) is 2.97. The van der Waals surface area contributed by atoms with Crippen LogP contribution in [0, 0.1) is 0 Å². The number of hydrogen-bond donors (Lipinski definition) is 0. The number of amides is 1. The summed E-state index contributed by atoms with van der Waals surface area (Å²) in [4.78, 5) is 23.3. The molecule has 6 nitrogen and oxygen atoms in total. The van der Waals surface area contributed by atoms with Crippen LogP contribution in [0.15, 0.2) is 58.1 Å². The number of methoxy groups -OCH3 is 1. The van der Waals surface area contributed by atoms with E-state index in [1.54, 1.807) is 7.11 Å². The molecule has 3 rings (SSSR count). The van der Waals surface area contributed by atoms with Gasteiger partial charge < -0.3 is 14.6 Å². The summed E-state index contributed by atoms with van der Waals surface area (Å²) in [6.45, 7) is 0. The molecule has 0 aromatic heterocycles. The van der Waals surface area contributed by atoms with Gasteiger partial charge in [0.25, 0.3) is 0 Å². The summed E-state index contributed by atoms with van der Waals surface area (Å²) in [6, 6.07) is 14.9. The van der Waals surface area contributed by atoms with Crippen molar-refractivity contribution in [2.75, 3.05) is 7.11 Å². The molecule has 7 heteroatoms. The van der Waals surface area contributed by atoms with Crippen LogP contribution in [-0.4, -0.2) is 29.7 Å². The molecule has 1 amide bonds. The molecule has 1 aliphatic heterocycles. The van der Waals surface area contributed by atoms with Gasteiger partial charge in [-0.05, 0) is 41.8 Å². The lowest BCUT2D eigenvalue weighted by Crippen LogP contribution is -2.29. The van der Waals surface area contributed by atoms with E-state index in [1.807, 2.05) is 48.5 Å². The highest BCUT2D eigenvalue weighted by Crippen LogP contribution is 2.34. The third kappa shape index (κ3) is 4.54. The molecule has 0 saturated heterocycles. The molecule has 0 N–H and O–H groups in total. The fraction of sp³-hybridized carbons (Fsp3) is 0.250. The number of carbonyl (C=O) groups is 2. The number of ether oxygens (including phenoxy) is 1. The van der Waals surface area contributed by atoms with Gasteiger partial charge in [-0.3, -0.25) is 4.79 Å². The van der Waals surface area contributed by atoms with Crippen molar-refractivity contribution >= 4 is 33.5 Å². The van der Waals surface area contributed by atoms with Gasteiger partial charge in [-0.15, -0.1) is 0 Å². The number of rotatable bonds is 6. The molecule has 2 aromatic carbocycles. The van der Waals surface area contributed by atoms with Crippen molar-refractivity contribution in [2.24, 2.45) is 5.10 Å². The first kappa shape index (κ1) is 19.1. The van der Waals surface area contributed by atoms with Gasteiger partial charge in [-0.1, -0.05) is 40.2 Å². The molecule has 0 radical (unpaired) electrons. The fourth-order valence-corrected chi connectivity index (χ4v) is 3.23. The Labute approximate surface area is 165 Å². The molecule has 1 atom stereocenters. The highest BCUT2D eigenvalue weighted by Gasteiger charge is 2.32. The van der Waals surface area contributed by atoms with Crippen molar-refractivity contribution in [1.82, 2.24) is 5.01 Å². The molecule has 1 heterocycles. The van der Waals surface area contributed by atoms with Gasteiger partial charge in [0.1, 0.15) is 5.75 Å². The summed E-state index contributed by atoms with van der Waals surface area (Å²) >= 11 is 3.41. The van der Waals surface area contributed by atoms with Gasteiger partial charge in [0.2, 0.25) is 5.91 Å². The monoisotopic (exact) mass is 429 g/mol. The highest BCUT2D eigenvalue weighted by atomic mass is 79.9. The first-order valence-corrected chi connectivity index (χ1v) is 9.26. The molecule has 2 aromatic rings. The van der Waals surface area contributed by atoms with Crippen LogP contribution in [0.1, 0.15) is 36.4 Å². The Bertz CT molecular complexity index is 863. The van der Waals surface area contributed by atoms with Crippen molar-refractivity contribution in [3.05, 3.63) is 64.1 Å². The van der Waals surface area contributed by atoms with E-state index >= 15 is 0 Å². The third-order valence-electron chi connectivity index (χ3n) is 4.39. The second-order valence-corrected chi connectivity index (χ2v) is 7.07. The van der Waals surface area contributed by atoms with E-state index in [-0.39, 0.29) is 24.8 Å². The van der Waals surface area contributed by atoms with Crippen LogP contribution in [0.2, 0.25) is 0 Å². The zero-order chi connectivity index (χ0) is 19.4. The predicted octanol–water partition coefficient (Wildman–Crippen LogP) is 2.67. The standard InChI is InChI=1S/C20H19BrN2O4/c1-27-16-8-4-14(5-9-16)18-12-17(13-2-6-15(21)7-3-13)22-23(18)19(24)10-11-20(25)26/h2-9,18H,10-12H2,1H3,(H,25,26)/p-1. The van der Waals surface area contributed by atoms with Crippen molar-refractivity contribution < 1.29 is 19.4 Å². The van der Waals surface area contributed by atoms with E-state index in [2.05, 4.69) is 21.0 Å². The summed E-state index contributed by atoms with van der Waals surface area (Å²) in [6.07, 6.45) is 0.0743. The number of hydrazone groups is 1. The van der Waals surface area contributed by atoms with Crippen LogP contribution in [0.4, 0.5) is 0 Å². The molecule has 0 aliphatic carbocycles. The minimum Gasteiger partial charge on any atom is -0.550 e. The Kier molecular flexibility index (Phi) is 5.91. The summed E-state index contributed by atoms with van der Waals surface area (Å²) in [5.74, 6) is -0.867. The van der Waals surface area contributed by atoms with Gasteiger partial charge in [-0.2, -0.15) is 5.10 Å². The summed E-state index contributed by atoms with van der Waals surface area (Å²) in [7, 11) is 1.59. The minimum absolute atomic E-state index is 0.147. The predicted molar refractivity (Wildman–Crippen MR) is 102 cm³/mol. The lowest BCUT2D eigenvalue weighted by molar-refractivity contribution is -0.305. The summed E-state index contributed by atoms with van der Waals surface area (Å²) < 4.78 is 6.14. The van der Waals surface area contributed by atoms with E-state index in [4.69, 9.17) is 4.74 Å². The zero-order valence-electron chi connectivity index (χ0n) is 14.7. The lowest BCUT2D eigenvalue weighted by atomic mass is 9.98. The lowest BCUT2D eigenvalue weighted by Gasteiger charge is -2.22. The van der Waals surface area contributed by atoms with E-state index in [0.717, 1.165) is 27.1 Å². The maximum atomic E-state index is 12.6. The third-order valence-corrected chi connectivity index (χ3v) is 4.92. The first-order chi connectivity index (χ1) is 13.0. The van der Waals surface area contributed by atoms with Crippen LogP contribution < -0.4 is 9.84 Å². The van der Waals surface area contributed by atoms with Crippen LogP contribution in [0.5, 0.6) is 5.75 Å². The Morgan fingerprint density at radius 3 is 2.41 bits per heavy atom. The number of carboxylic acids is 1. The molecule has 140 valence electrons. The smallest absolute Gasteiger partial charge is 0.243 e. The first-order valence-electron chi connectivity index (χ1n) is 8.47. The number of benzene rings is 2. The topological polar surface area (TPSA) is 82.0 Å². The van der Waals surface area contributed by atoms with Gasteiger partial charge >= 0.3 is 0 Å². The second-order valence-electron chi connectivity index (χ2n) is 6.16. The van der Waals surface area contributed by atoms with Crippen LogP contribution >= 0.6 is 15.9 Å². The number of hydrogen-bond acceptors (Lipinski definition) is 5. The number of aliphatic carboxylic acids is 1. The number of carbonyl (C=O) groups excluding carboxylic acids is 2. The highest BCUT2D eigenvalue weighted by molar-refractivity contribution is 9.10. The van der Waals surface area contributed by atoms with Crippen molar-refractivity contribution in [3.8, 4) is 5.75 Å².